The number of rotatable bonds is 5. The molecule has 1 N–H and O–H groups in total. The number of thioether (sulfide) groups is 1. The van der Waals surface area contributed by atoms with Crippen LogP contribution in [0.2, 0.25) is 0 Å². The summed E-state index contributed by atoms with van der Waals surface area (Å²) in [7, 11) is 0. The van der Waals surface area contributed by atoms with Gasteiger partial charge in [-0.15, -0.1) is 0 Å². The van der Waals surface area contributed by atoms with E-state index in [1.807, 2.05) is 0 Å². The molecule has 3 nitrogen and oxygen atoms in total. The number of hydrogen-bond acceptors (Lipinski definition) is 3. The van der Waals surface area contributed by atoms with Gasteiger partial charge < -0.3 is 9.84 Å². The van der Waals surface area contributed by atoms with E-state index in [-0.39, 0.29) is 12.0 Å². The van der Waals surface area contributed by atoms with Crippen LogP contribution in [0, 0.1) is 0 Å². The quantitative estimate of drug-likeness (QED) is 0.718. The topological polar surface area (TPSA) is 46.5 Å². The molecule has 1 fully saturated rings. The molecule has 1 aliphatic heterocycles. The van der Waals surface area contributed by atoms with Crippen molar-refractivity contribution in [3.8, 4) is 0 Å². The van der Waals surface area contributed by atoms with Crippen molar-refractivity contribution in [3.63, 3.8) is 0 Å². The Morgan fingerprint density at radius 1 is 1.64 bits per heavy atom. The molecule has 0 aliphatic carbocycles. The normalized spacial score (nSPS) is 25.1. The summed E-state index contributed by atoms with van der Waals surface area (Å²) in [6, 6.07) is 0. The van der Waals surface area contributed by atoms with Crippen LogP contribution >= 0.6 is 11.8 Å². The first-order valence-electron chi connectivity index (χ1n) is 4.97. The predicted molar refractivity (Wildman–Crippen MR) is 57.8 cm³/mol. The summed E-state index contributed by atoms with van der Waals surface area (Å²) in [6.07, 6.45) is 2.79. The summed E-state index contributed by atoms with van der Waals surface area (Å²) < 4.78 is 5.79. The highest BCUT2D eigenvalue weighted by Crippen LogP contribution is 2.30. The van der Waals surface area contributed by atoms with Gasteiger partial charge in [0.05, 0.1) is 18.1 Å². The molecule has 0 aromatic rings. The second-order valence-electron chi connectivity index (χ2n) is 4.26. The third-order valence-corrected chi connectivity index (χ3v) is 3.42. The monoisotopic (exact) mass is 218 g/mol. The van der Waals surface area contributed by atoms with Crippen molar-refractivity contribution in [1.29, 1.82) is 0 Å². The molecule has 1 unspecified atom stereocenters. The molecule has 1 aliphatic rings. The molecule has 0 radical (unpaired) electrons. The average molecular weight is 218 g/mol. The molecular weight excluding hydrogens is 200 g/mol. The maximum atomic E-state index is 10.3. The molecule has 4 heteroatoms. The Hall–Kier alpha value is -0.220. The van der Waals surface area contributed by atoms with Gasteiger partial charge in [0.15, 0.2) is 0 Å². The minimum atomic E-state index is -0.717. The van der Waals surface area contributed by atoms with Gasteiger partial charge >= 0.3 is 5.97 Å². The minimum absolute atomic E-state index is 0.0258. The lowest BCUT2D eigenvalue weighted by Gasteiger charge is -2.18. The molecule has 82 valence electrons. The molecule has 0 saturated carbocycles. The van der Waals surface area contributed by atoms with Crippen LogP contribution in [-0.4, -0.2) is 34.3 Å². The highest BCUT2D eigenvalue weighted by Gasteiger charge is 2.31. The summed E-state index contributed by atoms with van der Waals surface area (Å²) in [5.74, 6) is 0.900. The number of carboxylic acid groups (broad SMARTS) is 1. The molecule has 1 saturated heterocycles. The molecule has 1 atom stereocenters. The maximum absolute atomic E-state index is 10.3. The minimum Gasteiger partial charge on any atom is -0.481 e. The first kappa shape index (κ1) is 11.9. The molecule has 0 aromatic carbocycles. The van der Waals surface area contributed by atoms with Gasteiger partial charge in [0.2, 0.25) is 0 Å². The molecule has 1 heterocycles. The zero-order chi connectivity index (χ0) is 10.6. The van der Waals surface area contributed by atoms with E-state index < -0.39 is 5.97 Å². The van der Waals surface area contributed by atoms with E-state index in [9.17, 15) is 4.79 Å². The van der Waals surface area contributed by atoms with Crippen molar-refractivity contribution in [2.24, 2.45) is 0 Å². The lowest BCUT2D eigenvalue weighted by Crippen LogP contribution is -2.21. The fourth-order valence-corrected chi connectivity index (χ4v) is 2.55. The van der Waals surface area contributed by atoms with Crippen molar-refractivity contribution in [2.45, 2.75) is 44.8 Å². The molecule has 14 heavy (non-hydrogen) atoms. The lowest BCUT2D eigenvalue weighted by molar-refractivity contribution is -0.136. The van der Waals surface area contributed by atoms with E-state index in [0.29, 0.717) is 11.9 Å². The molecule has 0 amide bonds. The fraction of sp³-hybridized carbons (Fsp3) is 0.900. The Kier molecular flexibility index (Phi) is 4.26. The van der Waals surface area contributed by atoms with Gasteiger partial charge in [0.1, 0.15) is 0 Å². The van der Waals surface area contributed by atoms with Crippen LogP contribution in [0.1, 0.15) is 33.1 Å². The third-order valence-electron chi connectivity index (χ3n) is 2.32. The van der Waals surface area contributed by atoms with Gasteiger partial charge in [-0.2, -0.15) is 11.8 Å². The summed E-state index contributed by atoms with van der Waals surface area (Å²) >= 11 is 1.67. The first-order chi connectivity index (χ1) is 6.49. The maximum Gasteiger partial charge on any atom is 0.304 e. The average Bonchev–Trinajstić information content (AvgIpc) is 2.39. The number of hydrogen-bond donors (Lipinski definition) is 1. The van der Waals surface area contributed by atoms with Crippen LogP contribution in [0.5, 0.6) is 0 Å². The third kappa shape index (κ3) is 4.33. The predicted octanol–water partition coefficient (Wildman–Crippen LogP) is 2.15. The zero-order valence-electron chi connectivity index (χ0n) is 8.78. The largest absolute Gasteiger partial charge is 0.481 e. The fourth-order valence-electron chi connectivity index (χ4n) is 1.57. The Morgan fingerprint density at radius 2 is 2.36 bits per heavy atom. The standard InChI is InChI=1S/C10H18O3S/c1-10(2)5-3-8(13-10)7-14-6-4-9(11)12/h8H,3-7H2,1-2H3,(H,11,12). The smallest absolute Gasteiger partial charge is 0.304 e. The number of carbonyl (C=O) groups is 1. The zero-order valence-corrected chi connectivity index (χ0v) is 9.60. The van der Waals surface area contributed by atoms with Crippen molar-refractivity contribution in [2.75, 3.05) is 11.5 Å². The van der Waals surface area contributed by atoms with E-state index >= 15 is 0 Å². The second kappa shape index (κ2) is 5.03. The Bertz CT molecular complexity index is 204. The van der Waals surface area contributed by atoms with Crippen LogP contribution in [0.25, 0.3) is 0 Å². The molecular formula is C10H18O3S. The van der Waals surface area contributed by atoms with Gasteiger partial charge in [-0.3, -0.25) is 4.79 Å². The van der Waals surface area contributed by atoms with Gasteiger partial charge in [-0.1, -0.05) is 0 Å². The van der Waals surface area contributed by atoms with Gasteiger partial charge in [0, 0.05) is 11.5 Å². The van der Waals surface area contributed by atoms with Crippen LogP contribution in [0.4, 0.5) is 0 Å². The Morgan fingerprint density at radius 3 is 2.86 bits per heavy atom. The molecule has 0 bridgehead atoms. The van der Waals surface area contributed by atoms with Crippen molar-refractivity contribution in [1.82, 2.24) is 0 Å². The number of aliphatic carboxylic acids is 1. The summed E-state index contributed by atoms with van der Waals surface area (Å²) in [5.41, 5.74) is 0.0258. The Balaban J connectivity index is 2.06. The lowest BCUT2D eigenvalue weighted by atomic mass is 10.1. The van der Waals surface area contributed by atoms with Crippen LogP contribution in [0.3, 0.4) is 0 Å². The van der Waals surface area contributed by atoms with E-state index in [1.54, 1.807) is 11.8 Å². The van der Waals surface area contributed by atoms with Gasteiger partial charge in [-0.25, -0.2) is 0 Å². The van der Waals surface area contributed by atoms with Crippen molar-refractivity contribution in [3.05, 3.63) is 0 Å². The highest BCUT2D eigenvalue weighted by molar-refractivity contribution is 7.99. The SMILES string of the molecule is CC1(C)CCC(CSCCC(=O)O)O1. The number of carboxylic acids is 1. The van der Waals surface area contributed by atoms with Crippen LogP contribution < -0.4 is 0 Å². The second-order valence-corrected chi connectivity index (χ2v) is 5.41. The molecule has 0 spiro atoms. The molecule has 0 aromatic heterocycles. The van der Waals surface area contributed by atoms with E-state index in [1.165, 1.54) is 0 Å². The van der Waals surface area contributed by atoms with Crippen LogP contribution in [-0.2, 0) is 9.53 Å². The summed E-state index contributed by atoms with van der Waals surface area (Å²) in [6.45, 7) is 4.21. The van der Waals surface area contributed by atoms with E-state index in [2.05, 4.69) is 13.8 Å². The van der Waals surface area contributed by atoms with Gasteiger partial charge in [-0.05, 0) is 26.7 Å². The summed E-state index contributed by atoms with van der Waals surface area (Å²) in [5, 5.41) is 8.44. The summed E-state index contributed by atoms with van der Waals surface area (Å²) in [4.78, 5) is 10.3. The van der Waals surface area contributed by atoms with Crippen molar-refractivity contribution >= 4 is 17.7 Å². The number of ether oxygens (including phenoxy) is 1. The van der Waals surface area contributed by atoms with Crippen LogP contribution in [0.15, 0.2) is 0 Å². The van der Waals surface area contributed by atoms with E-state index in [0.717, 1.165) is 18.6 Å². The van der Waals surface area contributed by atoms with Crippen molar-refractivity contribution < 1.29 is 14.6 Å². The Labute approximate surface area is 89.2 Å². The van der Waals surface area contributed by atoms with Gasteiger partial charge in [0.25, 0.3) is 0 Å². The highest BCUT2D eigenvalue weighted by atomic mass is 32.2. The first-order valence-corrected chi connectivity index (χ1v) is 6.12. The molecule has 1 rings (SSSR count). The van der Waals surface area contributed by atoms with E-state index in [4.69, 9.17) is 9.84 Å².